The lowest BCUT2D eigenvalue weighted by molar-refractivity contribution is -0.137. The molecule has 3 aromatic rings. The van der Waals surface area contributed by atoms with Gasteiger partial charge in [0.05, 0.1) is 22.0 Å². The Kier molecular flexibility index (Phi) is 7.32. The zero-order chi connectivity index (χ0) is 24.4. The number of para-hydroxylation sites is 1. The smallest absolute Gasteiger partial charge is 0.300 e. The number of pyridine rings is 1. The normalized spacial score (nSPS) is 12.8. The van der Waals surface area contributed by atoms with Crippen LogP contribution in [-0.2, 0) is 6.18 Å². The summed E-state index contributed by atoms with van der Waals surface area (Å²) in [6, 6.07) is 9.42. The van der Waals surface area contributed by atoms with Crippen LogP contribution >= 0.6 is 23.1 Å². The van der Waals surface area contributed by atoms with Crippen LogP contribution in [0.3, 0.4) is 0 Å². The van der Waals surface area contributed by atoms with Crippen LogP contribution in [0.25, 0.3) is 10.4 Å². The maximum Gasteiger partial charge on any atom is 0.429 e. The Hall–Kier alpha value is -2.66. The van der Waals surface area contributed by atoms with E-state index in [0.29, 0.717) is 4.88 Å². The first-order valence-electron chi connectivity index (χ1n) is 9.39. The number of rotatable bonds is 6. The minimum Gasteiger partial charge on any atom is -0.300 e. The van der Waals surface area contributed by atoms with E-state index in [-0.39, 0.29) is 10.6 Å². The van der Waals surface area contributed by atoms with Crippen molar-refractivity contribution in [1.29, 1.82) is 5.41 Å². The Morgan fingerprint density at radius 2 is 1.79 bits per heavy atom. The molecule has 0 saturated carbocycles. The largest absolute Gasteiger partial charge is 0.429 e. The third kappa shape index (κ3) is 6.02. The number of thiophene rings is 1. The molecule has 0 aliphatic carbocycles. The van der Waals surface area contributed by atoms with Crippen molar-refractivity contribution >= 4 is 40.2 Å². The lowest BCUT2D eigenvalue weighted by Gasteiger charge is -2.13. The molecule has 0 fully saturated rings. The first-order chi connectivity index (χ1) is 15.4. The number of aryl methyl sites for hydroxylation is 1. The van der Waals surface area contributed by atoms with E-state index in [2.05, 4.69) is 9.98 Å². The van der Waals surface area contributed by atoms with E-state index in [0.717, 1.165) is 39.6 Å². The molecule has 2 aromatic heterocycles. The molecule has 2 heterocycles. The van der Waals surface area contributed by atoms with Gasteiger partial charge in [0.15, 0.2) is 0 Å². The van der Waals surface area contributed by atoms with Crippen molar-refractivity contribution in [1.82, 2.24) is 4.98 Å². The number of hydrogen-bond donors (Lipinski definition) is 1. The number of nitrogens with one attached hydrogen (secondary N) is 1. The highest BCUT2D eigenvalue weighted by atomic mass is 32.2. The van der Waals surface area contributed by atoms with Gasteiger partial charge in [0.2, 0.25) is 0 Å². The summed E-state index contributed by atoms with van der Waals surface area (Å²) in [5, 5.41) is 8.20. The van der Waals surface area contributed by atoms with Gasteiger partial charge in [-0.2, -0.15) is 26.3 Å². The highest BCUT2D eigenvalue weighted by Gasteiger charge is 2.36. The minimum absolute atomic E-state index is 0.238. The molecule has 0 saturated heterocycles. The van der Waals surface area contributed by atoms with Crippen molar-refractivity contribution in [3.05, 3.63) is 64.7 Å². The zero-order valence-electron chi connectivity index (χ0n) is 17.3. The van der Waals surface area contributed by atoms with E-state index >= 15 is 0 Å². The molecule has 0 radical (unpaired) electrons. The summed E-state index contributed by atoms with van der Waals surface area (Å²) in [6.45, 7) is 1.88. The predicted octanol–water partition coefficient (Wildman–Crippen LogP) is 7.95. The van der Waals surface area contributed by atoms with Crippen molar-refractivity contribution in [3.8, 4) is 10.4 Å². The fourth-order valence-electron chi connectivity index (χ4n) is 2.96. The molecule has 3 nitrogen and oxygen atoms in total. The van der Waals surface area contributed by atoms with Gasteiger partial charge in [-0.25, -0.2) is 4.98 Å². The van der Waals surface area contributed by atoms with Crippen molar-refractivity contribution in [3.63, 3.8) is 0 Å². The van der Waals surface area contributed by atoms with Gasteiger partial charge in [0.25, 0.3) is 0 Å². The summed E-state index contributed by atoms with van der Waals surface area (Å²) in [5.41, 5.74) is -1.79. The third-order valence-electron chi connectivity index (χ3n) is 4.55. The van der Waals surface area contributed by atoms with Crippen molar-refractivity contribution in [2.24, 2.45) is 4.99 Å². The predicted molar refractivity (Wildman–Crippen MR) is 120 cm³/mol. The van der Waals surface area contributed by atoms with E-state index in [9.17, 15) is 26.3 Å². The van der Waals surface area contributed by atoms with Crippen LogP contribution in [0, 0.1) is 12.3 Å². The molecule has 1 N–H and O–H groups in total. The van der Waals surface area contributed by atoms with E-state index in [1.807, 2.05) is 19.2 Å². The van der Waals surface area contributed by atoms with E-state index < -0.39 is 35.7 Å². The number of hydrogen-bond acceptors (Lipinski definition) is 5. The van der Waals surface area contributed by atoms with Crippen molar-refractivity contribution < 1.29 is 26.3 Å². The lowest BCUT2D eigenvalue weighted by Crippen LogP contribution is -2.24. The summed E-state index contributed by atoms with van der Waals surface area (Å²) >= 11 is 2.55. The molecule has 0 spiro atoms. The number of aromatic nitrogens is 1. The summed E-state index contributed by atoms with van der Waals surface area (Å²) < 4.78 is 79.3. The van der Waals surface area contributed by atoms with Crippen LogP contribution in [0.5, 0.6) is 0 Å². The summed E-state index contributed by atoms with van der Waals surface area (Å²) in [6.07, 6.45) is -7.10. The Labute approximate surface area is 194 Å². The van der Waals surface area contributed by atoms with Crippen LogP contribution in [0.1, 0.15) is 22.4 Å². The lowest BCUT2D eigenvalue weighted by atomic mass is 10.1. The SMILES string of the molecule is CSc1ncc(-c2ccc(C(CC(=N)C(F)(F)F)=Nc3ccccc3C(F)(F)F)s2)cc1C. The number of thioether (sulfide) groups is 1. The molecule has 0 amide bonds. The Balaban J connectivity index is 2.08. The summed E-state index contributed by atoms with van der Waals surface area (Å²) in [7, 11) is 0. The van der Waals surface area contributed by atoms with Crippen LogP contribution in [0.15, 0.2) is 58.7 Å². The molecule has 0 atom stereocenters. The van der Waals surface area contributed by atoms with Gasteiger partial charge >= 0.3 is 12.4 Å². The number of benzene rings is 1. The van der Waals surface area contributed by atoms with Crippen LogP contribution in [0.2, 0.25) is 0 Å². The molecule has 11 heteroatoms. The Morgan fingerprint density at radius 3 is 2.39 bits per heavy atom. The van der Waals surface area contributed by atoms with Gasteiger partial charge in [-0.05, 0) is 49.1 Å². The summed E-state index contributed by atoms with van der Waals surface area (Å²) in [4.78, 5) is 9.20. The van der Waals surface area contributed by atoms with Gasteiger partial charge in [-0.15, -0.1) is 23.1 Å². The number of nitrogens with zero attached hydrogens (tertiary/aromatic N) is 2. The Morgan fingerprint density at radius 1 is 1.09 bits per heavy atom. The fourth-order valence-corrected chi connectivity index (χ4v) is 4.48. The molecule has 0 aliphatic heterocycles. The highest BCUT2D eigenvalue weighted by Crippen LogP contribution is 2.38. The Bertz CT molecular complexity index is 1200. The molecule has 33 heavy (non-hydrogen) atoms. The fraction of sp³-hybridized carbons (Fsp3) is 0.227. The van der Waals surface area contributed by atoms with E-state index in [1.54, 1.807) is 12.3 Å². The minimum atomic E-state index is -4.92. The van der Waals surface area contributed by atoms with E-state index in [1.165, 1.54) is 30.0 Å². The van der Waals surface area contributed by atoms with Gasteiger partial charge in [0, 0.05) is 27.9 Å². The first kappa shape index (κ1) is 25.0. The monoisotopic (exact) mass is 501 g/mol. The second-order valence-electron chi connectivity index (χ2n) is 6.94. The van der Waals surface area contributed by atoms with Crippen molar-refractivity contribution in [2.45, 2.75) is 30.7 Å². The highest BCUT2D eigenvalue weighted by molar-refractivity contribution is 7.98. The average molecular weight is 502 g/mol. The molecule has 0 aliphatic rings. The number of alkyl halides is 6. The van der Waals surface area contributed by atoms with E-state index in [4.69, 9.17) is 5.41 Å². The van der Waals surface area contributed by atoms with Crippen molar-refractivity contribution in [2.75, 3.05) is 6.26 Å². The topological polar surface area (TPSA) is 49.1 Å². The van der Waals surface area contributed by atoms with Gasteiger partial charge < -0.3 is 5.41 Å². The molecule has 174 valence electrons. The molecule has 1 aromatic carbocycles. The second kappa shape index (κ2) is 9.68. The zero-order valence-corrected chi connectivity index (χ0v) is 18.9. The first-order valence-corrected chi connectivity index (χ1v) is 11.4. The van der Waals surface area contributed by atoms with Gasteiger partial charge in [0.1, 0.15) is 5.71 Å². The molecule has 3 rings (SSSR count). The van der Waals surface area contributed by atoms with Crippen LogP contribution in [-0.4, -0.2) is 28.8 Å². The maximum atomic E-state index is 13.4. The van der Waals surface area contributed by atoms with Gasteiger partial charge in [-0.3, -0.25) is 4.99 Å². The second-order valence-corrected chi connectivity index (χ2v) is 8.82. The van der Waals surface area contributed by atoms with Crippen LogP contribution in [0.4, 0.5) is 32.0 Å². The van der Waals surface area contributed by atoms with Crippen LogP contribution < -0.4 is 0 Å². The standard InChI is InChI=1S/C22H17F6N3S2/c1-12-9-13(11-30-20(12)32-2)17-7-8-18(33-17)16(10-19(29)22(26,27)28)31-15-6-4-3-5-14(15)21(23,24)25/h3-9,11,29H,10H2,1-2H3. The quantitative estimate of drug-likeness (QED) is 0.212. The molecular formula is C22H17F6N3S2. The average Bonchev–Trinajstić information content (AvgIpc) is 3.22. The molecular weight excluding hydrogens is 484 g/mol. The third-order valence-corrected chi connectivity index (χ3v) is 6.55. The molecule has 0 unspecified atom stereocenters. The summed E-state index contributed by atoms with van der Waals surface area (Å²) in [5.74, 6) is 0. The number of halogens is 6. The molecule has 0 bridgehead atoms. The maximum absolute atomic E-state index is 13.4. The number of aliphatic imine (C=N–C) groups is 1. The van der Waals surface area contributed by atoms with Gasteiger partial charge in [-0.1, -0.05) is 12.1 Å².